The molecule has 2 rings (SSSR count). The summed E-state index contributed by atoms with van der Waals surface area (Å²) in [7, 11) is -7.21. The summed E-state index contributed by atoms with van der Waals surface area (Å²) in [5, 5.41) is 0. The van der Waals surface area contributed by atoms with Gasteiger partial charge in [0.05, 0.1) is 9.79 Å². The highest BCUT2D eigenvalue weighted by molar-refractivity contribution is 7.92. The molecule has 5 nitrogen and oxygen atoms in total. The average Bonchev–Trinajstić information content (AvgIpc) is 2.41. The Morgan fingerprint density at radius 3 is 1.95 bits per heavy atom. The average molecular weight is 343 g/mol. The van der Waals surface area contributed by atoms with Crippen LogP contribution < -0.4 is 4.72 Å². The van der Waals surface area contributed by atoms with E-state index in [1.165, 1.54) is 37.3 Å². The fourth-order valence-electron chi connectivity index (χ4n) is 1.77. The maximum Gasteiger partial charge on any atom is 0.261 e. The summed E-state index contributed by atoms with van der Waals surface area (Å²) in [6.07, 6.45) is 1.06. The van der Waals surface area contributed by atoms with Crippen molar-refractivity contribution in [2.24, 2.45) is 0 Å². The van der Waals surface area contributed by atoms with E-state index in [9.17, 15) is 21.2 Å². The molecule has 0 saturated carbocycles. The molecular formula is C14H14FNO4S2. The van der Waals surface area contributed by atoms with E-state index >= 15 is 0 Å². The van der Waals surface area contributed by atoms with Gasteiger partial charge < -0.3 is 0 Å². The minimum atomic E-state index is -3.87. The van der Waals surface area contributed by atoms with Crippen molar-refractivity contribution < 1.29 is 21.2 Å². The monoisotopic (exact) mass is 343 g/mol. The first kappa shape index (κ1) is 16.4. The molecule has 0 unspecified atom stereocenters. The Bertz CT molecular complexity index is 904. The van der Waals surface area contributed by atoms with Crippen LogP contribution in [0, 0.1) is 12.7 Å². The summed E-state index contributed by atoms with van der Waals surface area (Å²) >= 11 is 0. The molecule has 0 amide bonds. The molecule has 0 aliphatic rings. The van der Waals surface area contributed by atoms with E-state index < -0.39 is 25.7 Å². The Morgan fingerprint density at radius 2 is 1.45 bits per heavy atom. The van der Waals surface area contributed by atoms with Crippen LogP contribution in [0.4, 0.5) is 10.1 Å². The molecule has 0 atom stereocenters. The van der Waals surface area contributed by atoms with Gasteiger partial charge in [-0.15, -0.1) is 0 Å². The number of aryl methyl sites for hydroxylation is 1. The molecule has 0 heterocycles. The van der Waals surface area contributed by atoms with Crippen LogP contribution in [0.3, 0.4) is 0 Å². The van der Waals surface area contributed by atoms with Crippen molar-refractivity contribution >= 4 is 25.5 Å². The van der Waals surface area contributed by atoms with Gasteiger partial charge in [-0.25, -0.2) is 21.2 Å². The van der Waals surface area contributed by atoms with Crippen LogP contribution >= 0.6 is 0 Å². The third kappa shape index (κ3) is 3.63. The van der Waals surface area contributed by atoms with Crippen molar-refractivity contribution in [1.29, 1.82) is 0 Å². The second-order valence-corrected chi connectivity index (χ2v) is 8.51. The van der Waals surface area contributed by atoms with Crippen LogP contribution in [-0.4, -0.2) is 23.1 Å². The summed E-state index contributed by atoms with van der Waals surface area (Å²) in [6, 6.07) is 8.79. The standard InChI is InChI=1S/C14H14FNO4S2/c1-10-9-13(7-8-14(10)15)22(19,20)16-11-3-5-12(6-4-11)21(2,17)18/h3-9,16H,1-2H3. The number of nitrogens with one attached hydrogen (secondary N) is 1. The summed E-state index contributed by atoms with van der Waals surface area (Å²) in [4.78, 5) is 0.0201. The van der Waals surface area contributed by atoms with Crippen LogP contribution in [0.1, 0.15) is 5.56 Å². The molecule has 0 saturated heterocycles. The van der Waals surface area contributed by atoms with E-state index in [0.29, 0.717) is 0 Å². The number of sulfone groups is 1. The molecule has 0 aliphatic carbocycles. The van der Waals surface area contributed by atoms with Gasteiger partial charge in [-0.2, -0.15) is 0 Å². The molecule has 0 aromatic heterocycles. The Morgan fingerprint density at radius 1 is 0.909 bits per heavy atom. The van der Waals surface area contributed by atoms with Crippen molar-refractivity contribution in [3.8, 4) is 0 Å². The number of rotatable bonds is 4. The van der Waals surface area contributed by atoms with E-state index in [2.05, 4.69) is 4.72 Å². The summed E-state index contributed by atoms with van der Waals surface area (Å²) in [5.74, 6) is -0.489. The van der Waals surface area contributed by atoms with Gasteiger partial charge in [-0.1, -0.05) is 0 Å². The number of anilines is 1. The molecule has 118 valence electrons. The van der Waals surface area contributed by atoms with E-state index in [1.54, 1.807) is 0 Å². The zero-order valence-electron chi connectivity index (χ0n) is 11.9. The lowest BCUT2D eigenvalue weighted by Gasteiger charge is -2.09. The van der Waals surface area contributed by atoms with Crippen LogP contribution in [0.5, 0.6) is 0 Å². The van der Waals surface area contributed by atoms with Gasteiger partial charge in [0.2, 0.25) is 0 Å². The second-order valence-electron chi connectivity index (χ2n) is 4.81. The normalized spacial score (nSPS) is 12.1. The highest BCUT2D eigenvalue weighted by atomic mass is 32.2. The highest BCUT2D eigenvalue weighted by Gasteiger charge is 2.16. The zero-order valence-corrected chi connectivity index (χ0v) is 13.5. The van der Waals surface area contributed by atoms with Gasteiger partial charge in [0, 0.05) is 11.9 Å². The first-order valence-corrected chi connectivity index (χ1v) is 9.56. The lowest BCUT2D eigenvalue weighted by Crippen LogP contribution is -2.13. The third-order valence-electron chi connectivity index (χ3n) is 2.97. The van der Waals surface area contributed by atoms with Crippen LogP contribution in [-0.2, 0) is 19.9 Å². The van der Waals surface area contributed by atoms with E-state index in [-0.39, 0.29) is 21.0 Å². The van der Waals surface area contributed by atoms with Crippen molar-refractivity contribution in [2.75, 3.05) is 11.0 Å². The molecule has 8 heteroatoms. The summed E-state index contributed by atoms with van der Waals surface area (Å²) < 4.78 is 62.6. The van der Waals surface area contributed by atoms with Gasteiger partial charge in [0.15, 0.2) is 9.84 Å². The number of halogens is 1. The number of benzene rings is 2. The lowest BCUT2D eigenvalue weighted by molar-refractivity contribution is 0.598. The first-order valence-electron chi connectivity index (χ1n) is 6.19. The Hall–Kier alpha value is -1.93. The topological polar surface area (TPSA) is 80.3 Å². The SMILES string of the molecule is Cc1cc(S(=O)(=O)Nc2ccc(S(C)(=O)=O)cc2)ccc1F. The fourth-order valence-corrected chi connectivity index (χ4v) is 3.54. The molecule has 2 aromatic rings. The van der Waals surface area contributed by atoms with Gasteiger partial charge in [0.1, 0.15) is 5.82 Å². The molecule has 1 N–H and O–H groups in total. The van der Waals surface area contributed by atoms with Crippen molar-refractivity contribution in [2.45, 2.75) is 16.7 Å². The zero-order chi connectivity index (χ0) is 16.5. The van der Waals surface area contributed by atoms with E-state index in [1.807, 2.05) is 0 Å². The van der Waals surface area contributed by atoms with Gasteiger partial charge >= 0.3 is 0 Å². The van der Waals surface area contributed by atoms with Crippen LogP contribution in [0.15, 0.2) is 52.3 Å². The molecular weight excluding hydrogens is 329 g/mol. The maximum absolute atomic E-state index is 13.2. The molecule has 2 aromatic carbocycles. The van der Waals surface area contributed by atoms with Gasteiger partial charge in [-0.05, 0) is 55.0 Å². The van der Waals surface area contributed by atoms with Crippen molar-refractivity contribution in [1.82, 2.24) is 0 Å². The van der Waals surface area contributed by atoms with E-state index in [4.69, 9.17) is 0 Å². The Labute approximate surface area is 128 Å². The molecule has 0 spiro atoms. The first-order chi connectivity index (χ1) is 10.1. The minimum Gasteiger partial charge on any atom is -0.280 e. The quantitative estimate of drug-likeness (QED) is 0.924. The smallest absolute Gasteiger partial charge is 0.261 e. The summed E-state index contributed by atoms with van der Waals surface area (Å²) in [5.41, 5.74) is 0.435. The minimum absolute atomic E-state index is 0.0708. The largest absolute Gasteiger partial charge is 0.280 e. The highest BCUT2D eigenvalue weighted by Crippen LogP contribution is 2.20. The van der Waals surface area contributed by atoms with Crippen molar-refractivity contribution in [3.05, 3.63) is 53.8 Å². The predicted molar refractivity (Wildman–Crippen MR) is 81.5 cm³/mol. The number of sulfonamides is 1. The van der Waals surface area contributed by atoms with Gasteiger partial charge in [-0.3, -0.25) is 4.72 Å². The Kier molecular flexibility index (Phi) is 4.25. The van der Waals surface area contributed by atoms with Gasteiger partial charge in [0.25, 0.3) is 10.0 Å². The molecule has 0 bridgehead atoms. The fraction of sp³-hybridized carbons (Fsp3) is 0.143. The molecule has 0 aliphatic heterocycles. The van der Waals surface area contributed by atoms with Crippen LogP contribution in [0.2, 0.25) is 0 Å². The second kappa shape index (κ2) is 5.69. The summed E-state index contributed by atoms with van der Waals surface area (Å²) in [6.45, 7) is 1.47. The number of hydrogen-bond donors (Lipinski definition) is 1. The Balaban J connectivity index is 2.30. The molecule has 0 radical (unpaired) electrons. The maximum atomic E-state index is 13.2. The molecule has 22 heavy (non-hydrogen) atoms. The predicted octanol–water partition coefficient (Wildman–Crippen LogP) is 2.34. The molecule has 0 fully saturated rings. The van der Waals surface area contributed by atoms with Crippen LogP contribution in [0.25, 0.3) is 0 Å². The van der Waals surface area contributed by atoms with Crippen molar-refractivity contribution in [3.63, 3.8) is 0 Å². The third-order valence-corrected chi connectivity index (χ3v) is 5.48. The number of hydrogen-bond acceptors (Lipinski definition) is 4. The lowest BCUT2D eigenvalue weighted by atomic mass is 10.2. The van der Waals surface area contributed by atoms with E-state index in [0.717, 1.165) is 18.4 Å².